The van der Waals surface area contributed by atoms with E-state index in [1.807, 2.05) is 11.5 Å². The van der Waals surface area contributed by atoms with Crippen LogP contribution in [0.25, 0.3) is 33.1 Å². The molecule has 5 rings (SSSR count). The van der Waals surface area contributed by atoms with E-state index in [4.69, 9.17) is 9.97 Å². The fraction of sp³-hybridized carbons (Fsp3) is 0.276. The minimum absolute atomic E-state index is 0.0215. The molecule has 0 saturated heterocycles. The maximum Gasteiger partial charge on any atom is 0.227 e. The summed E-state index contributed by atoms with van der Waals surface area (Å²) in [6, 6.07) is 23.7. The number of benzene rings is 3. The van der Waals surface area contributed by atoms with Gasteiger partial charge >= 0.3 is 0 Å². The van der Waals surface area contributed by atoms with Crippen LogP contribution in [-0.2, 0) is 6.54 Å². The number of nitrogens with zero attached hydrogens (tertiary/aromatic N) is 4. The van der Waals surface area contributed by atoms with Gasteiger partial charge in [-0.15, -0.1) is 0 Å². The third kappa shape index (κ3) is 4.88. The Labute approximate surface area is 211 Å². The summed E-state index contributed by atoms with van der Waals surface area (Å²) >= 11 is 0. The van der Waals surface area contributed by atoms with Crippen LogP contribution in [0.5, 0.6) is 0 Å². The van der Waals surface area contributed by atoms with Crippen molar-refractivity contribution < 1.29 is 5.11 Å². The minimum atomic E-state index is -0.103. The molecule has 0 fully saturated rings. The molecular formula is C29H32N6O. The lowest BCUT2D eigenvalue weighted by Crippen LogP contribution is -2.24. The van der Waals surface area contributed by atoms with Crippen molar-refractivity contribution >= 4 is 33.7 Å². The lowest BCUT2D eigenvalue weighted by molar-refractivity contribution is 0.271. The number of imidazole rings is 1. The van der Waals surface area contributed by atoms with Gasteiger partial charge in [-0.05, 0) is 53.8 Å². The largest absolute Gasteiger partial charge is 0.394 e. The zero-order chi connectivity index (χ0) is 25.1. The Bertz CT molecular complexity index is 1470. The summed E-state index contributed by atoms with van der Waals surface area (Å²) in [6.07, 6.45) is 2.58. The fourth-order valence-electron chi connectivity index (χ4n) is 4.31. The van der Waals surface area contributed by atoms with Crippen molar-refractivity contribution in [3.05, 3.63) is 78.6 Å². The molecule has 2 aromatic heterocycles. The van der Waals surface area contributed by atoms with Gasteiger partial charge in [-0.1, -0.05) is 67.6 Å². The first-order valence-electron chi connectivity index (χ1n) is 12.5. The summed E-state index contributed by atoms with van der Waals surface area (Å²) in [5.41, 5.74) is 5.04. The van der Waals surface area contributed by atoms with E-state index in [2.05, 4.69) is 96.2 Å². The maximum atomic E-state index is 9.63. The highest BCUT2D eigenvalue weighted by atomic mass is 16.3. The van der Waals surface area contributed by atoms with E-state index in [-0.39, 0.29) is 18.7 Å². The number of aliphatic hydroxyl groups is 1. The zero-order valence-electron chi connectivity index (χ0n) is 20.9. The maximum absolute atomic E-state index is 9.63. The molecule has 36 heavy (non-hydrogen) atoms. The monoisotopic (exact) mass is 480 g/mol. The first kappa shape index (κ1) is 23.8. The Morgan fingerprint density at radius 1 is 0.917 bits per heavy atom. The molecule has 184 valence electrons. The van der Waals surface area contributed by atoms with Crippen molar-refractivity contribution in [2.75, 3.05) is 17.2 Å². The number of anilines is 2. The lowest BCUT2D eigenvalue weighted by atomic mass is 10.0. The molecule has 7 heteroatoms. The van der Waals surface area contributed by atoms with Crippen LogP contribution in [0.3, 0.4) is 0 Å². The number of rotatable bonds is 9. The van der Waals surface area contributed by atoms with Gasteiger partial charge in [0.1, 0.15) is 0 Å². The topological polar surface area (TPSA) is 87.9 Å². The van der Waals surface area contributed by atoms with Gasteiger partial charge in [0.25, 0.3) is 0 Å². The van der Waals surface area contributed by atoms with Crippen LogP contribution < -0.4 is 10.6 Å². The van der Waals surface area contributed by atoms with Crippen LogP contribution >= 0.6 is 0 Å². The minimum Gasteiger partial charge on any atom is -0.394 e. The summed E-state index contributed by atoms with van der Waals surface area (Å²) in [4.78, 5) is 14.0. The Kier molecular flexibility index (Phi) is 6.82. The summed E-state index contributed by atoms with van der Waals surface area (Å²) in [5, 5.41) is 18.8. The molecule has 0 aliphatic rings. The third-order valence-corrected chi connectivity index (χ3v) is 6.52. The van der Waals surface area contributed by atoms with E-state index >= 15 is 0 Å². The van der Waals surface area contributed by atoms with E-state index < -0.39 is 0 Å². The molecule has 5 aromatic rings. The van der Waals surface area contributed by atoms with Crippen LogP contribution in [0.4, 0.5) is 11.8 Å². The lowest BCUT2D eigenvalue weighted by Gasteiger charge is -2.16. The molecule has 0 bridgehead atoms. The Balaban J connectivity index is 1.38. The molecule has 0 radical (unpaired) electrons. The van der Waals surface area contributed by atoms with E-state index in [1.54, 1.807) is 6.33 Å². The Morgan fingerprint density at radius 2 is 1.67 bits per heavy atom. The summed E-state index contributed by atoms with van der Waals surface area (Å²) in [6.45, 7) is 6.85. The van der Waals surface area contributed by atoms with Gasteiger partial charge in [-0.2, -0.15) is 9.97 Å². The van der Waals surface area contributed by atoms with Crippen LogP contribution in [0, 0.1) is 0 Å². The predicted octanol–water partition coefficient (Wildman–Crippen LogP) is 6.02. The van der Waals surface area contributed by atoms with Gasteiger partial charge in [-0.3, -0.25) is 0 Å². The second kappa shape index (κ2) is 10.3. The molecule has 3 N–H and O–H groups in total. The van der Waals surface area contributed by atoms with E-state index in [0.29, 0.717) is 18.3 Å². The average molecular weight is 481 g/mol. The molecule has 0 aliphatic carbocycles. The van der Waals surface area contributed by atoms with Gasteiger partial charge in [0.05, 0.1) is 19.0 Å². The molecular weight excluding hydrogens is 448 g/mol. The predicted molar refractivity (Wildman–Crippen MR) is 147 cm³/mol. The quantitative estimate of drug-likeness (QED) is 0.239. The molecule has 0 amide bonds. The molecule has 0 aliphatic heterocycles. The number of fused-ring (bicyclic) bond motifs is 2. The van der Waals surface area contributed by atoms with Gasteiger partial charge in [0.2, 0.25) is 5.95 Å². The Hall–Kier alpha value is -3.97. The number of nitrogens with one attached hydrogen (secondary N) is 2. The SMILES string of the molecule is CC[C@H](CO)Nc1nc(NCc2ccc(-c3ccc4ccccc4c3)cc2)c2ncn(C(C)C)c2n1. The molecule has 0 unspecified atom stereocenters. The van der Waals surface area contributed by atoms with E-state index in [1.165, 1.54) is 21.9 Å². The first-order valence-corrected chi connectivity index (χ1v) is 12.5. The van der Waals surface area contributed by atoms with Crippen molar-refractivity contribution in [1.82, 2.24) is 19.5 Å². The smallest absolute Gasteiger partial charge is 0.227 e. The molecule has 0 spiro atoms. The highest BCUT2D eigenvalue weighted by molar-refractivity contribution is 5.87. The fourth-order valence-corrected chi connectivity index (χ4v) is 4.31. The second-order valence-electron chi connectivity index (χ2n) is 9.36. The van der Waals surface area contributed by atoms with Crippen molar-refractivity contribution in [2.24, 2.45) is 0 Å². The van der Waals surface area contributed by atoms with Crippen LogP contribution in [0.2, 0.25) is 0 Å². The van der Waals surface area contributed by atoms with E-state index in [0.717, 1.165) is 23.1 Å². The summed E-state index contributed by atoms with van der Waals surface area (Å²) in [5.74, 6) is 1.16. The third-order valence-electron chi connectivity index (χ3n) is 6.52. The van der Waals surface area contributed by atoms with Gasteiger partial charge in [-0.25, -0.2) is 4.98 Å². The van der Waals surface area contributed by atoms with Gasteiger partial charge < -0.3 is 20.3 Å². The number of aromatic nitrogens is 4. The highest BCUT2D eigenvalue weighted by Crippen LogP contribution is 2.26. The second-order valence-corrected chi connectivity index (χ2v) is 9.36. The molecule has 3 aromatic carbocycles. The molecule has 2 heterocycles. The normalized spacial score (nSPS) is 12.4. The standard InChI is InChI=1S/C29H32N6O/c1-4-25(17-36)32-29-33-27(26-28(34-29)35(18-31-26)19(2)3)30-16-20-9-11-22(12-10-20)24-14-13-21-7-5-6-8-23(21)15-24/h5-15,18-19,25,36H,4,16-17H2,1-3H3,(H2,30,32,33,34)/t25-/m1/s1. The van der Waals surface area contributed by atoms with Crippen molar-refractivity contribution in [3.63, 3.8) is 0 Å². The first-order chi connectivity index (χ1) is 17.6. The van der Waals surface area contributed by atoms with Crippen LogP contribution in [-0.4, -0.2) is 37.3 Å². The van der Waals surface area contributed by atoms with E-state index in [9.17, 15) is 5.11 Å². The molecule has 7 nitrogen and oxygen atoms in total. The summed E-state index contributed by atoms with van der Waals surface area (Å²) < 4.78 is 2.03. The van der Waals surface area contributed by atoms with Gasteiger partial charge in [0.15, 0.2) is 17.0 Å². The number of hydrogen-bond acceptors (Lipinski definition) is 6. The zero-order valence-corrected chi connectivity index (χ0v) is 20.9. The molecule has 1 atom stereocenters. The highest BCUT2D eigenvalue weighted by Gasteiger charge is 2.16. The van der Waals surface area contributed by atoms with Crippen molar-refractivity contribution in [3.8, 4) is 11.1 Å². The number of hydrogen-bond donors (Lipinski definition) is 3. The van der Waals surface area contributed by atoms with Crippen LogP contribution in [0.15, 0.2) is 73.1 Å². The summed E-state index contributed by atoms with van der Waals surface area (Å²) in [7, 11) is 0. The molecule has 0 saturated carbocycles. The Morgan fingerprint density at radius 3 is 2.39 bits per heavy atom. The van der Waals surface area contributed by atoms with Crippen LogP contribution in [0.1, 0.15) is 38.8 Å². The number of aliphatic hydroxyl groups excluding tert-OH is 1. The van der Waals surface area contributed by atoms with Crippen molar-refractivity contribution in [1.29, 1.82) is 0 Å². The average Bonchev–Trinajstić information content (AvgIpc) is 3.35. The van der Waals surface area contributed by atoms with Crippen molar-refractivity contribution in [2.45, 2.75) is 45.8 Å². The van der Waals surface area contributed by atoms with Gasteiger partial charge in [0, 0.05) is 12.6 Å².